The number of esters is 1. The van der Waals surface area contributed by atoms with Gasteiger partial charge in [0.25, 0.3) is 0 Å². The van der Waals surface area contributed by atoms with E-state index >= 15 is 0 Å². The Morgan fingerprint density at radius 1 is 1.13 bits per heavy atom. The number of fused-ring (bicyclic) bond motifs is 3. The summed E-state index contributed by atoms with van der Waals surface area (Å²) in [7, 11) is 0. The maximum absolute atomic E-state index is 13.9. The molecule has 5 rings (SSSR count). The largest absolute Gasteiger partial charge is 0.466 e. The maximum atomic E-state index is 13.9. The lowest BCUT2D eigenvalue weighted by molar-refractivity contribution is -0.145. The second-order valence-electron chi connectivity index (χ2n) is 11.5. The molecular weight excluding hydrogens is 492 g/mol. The van der Waals surface area contributed by atoms with Gasteiger partial charge >= 0.3 is 5.97 Å². The van der Waals surface area contributed by atoms with Crippen LogP contribution in [0.5, 0.6) is 0 Å². The number of hydrogen-bond donors (Lipinski definition) is 3. The molecule has 2 amide bonds. The second kappa shape index (κ2) is 10.5. The number of rotatable bonds is 7. The Morgan fingerprint density at radius 3 is 2.54 bits per heavy atom. The van der Waals surface area contributed by atoms with Crippen LogP contribution in [-0.2, 0) is 31.0 Å². The van der Waals surface area contributed by atoms with Gasteiger partial charge in [-0.25, -0.2) is 0 Å². The van der Waals surface area contributed by atoms with Crippen molar-refractivity contribution in [1.29, 1.82) is 0 Å². The number of nitrogens with one attached hydrogen (secondary N) is 2. The Morgan fingerprint density at radius 2 is 1.82 bits per heavy atom. The minimum absolute atomic E-state index is 0.110. The summed E-state index contributed by atoms with van der Waals surface area (Å²) in [6, 6.07) is 15.3. The van der Waals surface area contributed by atoms with E-state index in [-0.39, 0.29) is 29.1 Å². The van der Waals surface area contributed by atoms with Crippen LogP contribution in [0.3, 0.4) is 0 Å². The lowest BCUT2D eigenvalue weighted by Crippen LogP contribution is -2.58. The predicted octanol–water partition coefficient (Wildman–Crippen LogP) is 3.54. The van der Waals surface area contributed by atoms with E-state index in [4.69, 9.17) is 10.5 Å². The van der Waals surface area contributed by atoms with Crippen molar-refractivity contribution in [2.45, 2.75) is 69.4 Å². The lowest BCUT2D eigenvalue weighted by Gasteiger charge is -2.41. The van der Waals surface area contributed by atoms with Gasteiger partial charge in [0, 0.05) is 42.0 Å². The third kappa shape index (κ3) is 5.17. The number of aromatic amines is 1. The van der Waals surface area contributed by atoms with Gasteiger partial charge in [0.05, 0.1) is 18.1 Å². The fourth-order valence-electron chi connectivity index (χ4n) is 6.26. The van der Waals surface area contributed by atoms with Gasteiger partial charge in [0.2, 0.25) is 11.8 Å². The highest BCUT2D eigenvalue weighted by molar-refractivity contribution is 5.92. The van der Waals surface area contributed by atoms with Crippen molar-refractivity contribution >= 4 is 28.7 Å². The molecule has 3 aromatic rings. The standard InChI is InChI=1S/C31H38N4O4/c1-4-39-28(37)23-18-31(24-11-7-5-10-22(23)24)13-15-35(16-14-31)27(36)26(34-29(38)30(2,3)32)17-20-19-33-25-12-8-6-9-21(20)25/h5-12,19,23,26,33H,4,13-18,32H2,1-3H3,(H,34,38)/t23?,26-/m1/s1. The van der Waals surface area contributed by atoms with E-state index in [0.717, 1.165) is 34.9 Å². The molecule has 0 bridgehead atoms. The van der Waals surface area contributed by atoms with Crippen LogP contribution in [0, 0.1) is 0 Å². The summed E-state index contributed by atoms with van der Waals surface area (Å²) in [5.41, 5.74) is 8.99. The number of hydrogen-bond acceptors (Lipinski definition) is 5. The summed E-state index contributed by atoms with van der Waals surface area (Å²) in [5, 5.41) is 3.97. The summed E-state index contributed by atoms with van der Waals surface area (Å²) in [6.45, 7) is 6.56. The number of carbonyl (C=O) groups excluding carboxylic acids is 3. The van der Waals surface area contributed by atoms with Crippen molar-refractivity contribution in [1.82, 2.24) is 15.2 Å². The molecule has 4 N–H and O–H groups in total. The minimum Gasteiger partial charge on any atom is -0.466 e. The zero-order valence-electron chi connectivity index (χ0n) is 23.0. The van der Waals surface area contributed by atoms with Crippen molar-refractivity contribution in [3.05, 3.63) is 71.4 Å². The molecule has 2 aromatic carbocycles. The highest BCUT2D eigenvalue weighted by atomic mass is 16.5. The van der Waals surface area contributed by atoms with Crippen LogP contribution in [0.15, 0.2) is 54.7 Å². The van der Waals surface area contributed by atoms with E-state index in [1.165, 1.54) is 5.56 Å². The van der Waals surface area contributed by atoms with Crippen molar-refractivity contribution < 1.29 is 19.1 Å². The number of para-hydroxylation sites is 1. The molecule has 2 aliphatic rings. The average Bonchev–Trinajstić information content (AvgIpc) is 3.47. The van der Waals surface area contributed by atoms with Crippen molar-refractivity contribution in [2.75, 3.05) is 19.7 Å². The summed E-state index contributed by atoms with van der Waals surface area (Å²) in [4.78, 5) is 44.7. The van der Waals surface area contributed by atoms with Gasteiger partial charge in [0.1, 0.15) is 6.04 Å². The van der Waals surface area contributed by atoms with Crippen LogP contribution in [0.4, 0.5) is 0 Å². The number of nitrogens with two attached hydrogens (primary N) is 1. The highest BCUT2D eigenvalue weighted by Gasteiger charge is 2.48. The molecule has 1 aliphatic heterocycles. The normalized spacial score (nSPS) is 19.1. The molecule has 0 saturated carbocycles. The number of amides is 2. The summed E-state index contributed by atoms with van der Waals surface area (Å²) in [6.07, 6.45) is 4.47. The smallest absolute Gasteiger partial charge is 0.313 e. The number of benzene rings is 2. The van der Waals surface area contributed by atoms with Gasteiger partial charge in [0.15, 0.2) is 0 Å². The molecule has 8 heteroatoms. The van der Waals surface area contributed by atoms with Gasteiger partial charge < -0.3 is 25.7 Å². The first-order valence-electron chi connectivity index (χ1n) is 13.8. The van der Waals surface area contributed by atoms with Gasteiger partial charge in [-0.15, -0.1) is 0 Å². The molecule has 1 aromatic heterocycles. The number of likely N-dealkylation sites (tertiary alicyclic amines) is 1. The monoisotopic (exact) mass is 530 g/mol. The van der Waals surface area contributed by atoms with E-state index in [0.29, 0.717) is 32.5 Å². The van der Waals surface area contributed by atoms with E-state index in [2.05, 4.69) is 16.4 Å². The quantitative estimate of drug-likeness (QED) is 0.404. The van der Waals surface area contributed by atoms with E-state index in [9.17, 15) is 14.4 Å². The van der Waals surface area contributed by atoms with Crippen LogP contribution in [0.25, 0.3) is 10.9 Å². The number of nitrogens with zero attached hydrogens (tertiary/aromatic N) is 1. The Labute approximate surface area is 229 Å². The van der Waals surface area contributed by atoms with Gasteiger partial charge in [-0.3, -0.25) is 14.4 Å². The maximum Gasteiger partial charge on any atom is 0.313 e. The first-order chi connectivity index (χ1) is 18.6. The number of aromatic nitrogens is 1. The fraction of sp³-hybridized carbons (Fsp3) is 0.452. The Kier molecular flexibility index (Phi) is 7.25. The van der Waals surface area contributed by atoms with Crippen molar-refractivity contribution in [2.24, 2.45) is 5.73 Å². The minimum atomic E-state index is -1.11. The zero-order chi connectivity index (χ0) is 27.8. The van der Waals surface area contributed by atoms with Crippen LogP contribution in [0.2, 0.25) is 0 Å². The molecule has 1 fully saturated rings. The SMILES string of the molecule is CCOC(=O)C1CC2(CCN(C(=O)[C@@H](Cc3c[nH]c4ccccc34)NC(=O)C(C)(C)N)CC2)c2ccccc21. The van der Waals surface area contributed by atoms with Gasteiger partial charge in [-0.1, -0.05) is 42.5 Å². The van der Waals surface area contributed by atoms with Crippen LogP contribution in [-0.4, -0.2) is 58.9 Å². The highest BCUT2D eigenvalue weighted by Crippen LogP contribution is 2.52. The molecule has 2 heterocycles. The molecule has 0 radical (unpaired) electrons. The van der Waals surface area contributed by atoms with Gasteiger partial charge in [-0.2, -0.15) is 0 Å². The number of carbonyl (C=O) groups is 3. The Bertz CT molecular complexity index is 1380. The molecule has 1 spiro atoms. The summed E-state index contributed by atoms with van der Waals surface area (Å²) in [5.74, 6) is -0.924. The first-order valence-corrected chi connectivity index (χ1v) is 13.8. The molecule has 39 heavy (non-hydrogen) atoms. The lowest BCUT2D eigenvalue weighted by atomic mass is 9.73. The van der Waals surface area contributed by atoms with E-state index in [1.54, 1.807) is 13.8 Å². The topological polar surface area (TPSA) is 118 Å². The van der Waals surface area contributed by atoms with Crippen LogP contribution < -0.4 is 11.1 Å². The molecule has 1 saturated heterocycles. The van der Waals surface area contributed by atoms with Crippen molar-refractivity contribution in [3.8, 4) is 0 Å². The van der Waals surface area contributed by atoms with Crippen LogP contribution in [0.1, 0.15) is 62.6 Å². The fourth-order valence-corrected chi connectivity index (χ4v) is 6.26. The first kappa shape index (κ1) is 26.9. The molecule has 8 nitrogen and oxygen atoms in total. The van der Waals surface area contributed by atoms with E-state index in [1.807, 2.05) is 60.5 Å². The average molecular weight is 531 g/mol. The molecule has 2 atom stereocenters. The summed E-state index contributed by atoms with van der Waals surface area (Å²) >= 11 is 0. The zero-order valence-corrected chi connectivity index (χ0v) is 23.0. The summed E-state index contributed by atoms with van der Waals surface area (Å²) < 4.78 is 5.40. The molecule has 1 unspecified atom stereocenters. The third-order valence-electron chi connectivity index (χ3n) is 8.39. The second-order valence-corrected chi connectivity index (χ2v) is 11.5. The molecule has 1 aliphatic carbocycles. The Balaban J connectivity index is 1.35. The Hall–Kier alpha value is -3.65. The van der Waals surface area contributed by atoms with Crippen molar-refractivity contribution in [3.63, 3.8) is 0 Å². The molecule has 206 valence electrons. The van der Waals surface area contributed by atoms with Crippen LogP contribution >= 0.6 is 0 Å². The number of H-pyrrole nitrogens is 1. The number of piperidine rings is 1. The molecular formula is C31H38N4O4. The predicted molar refractivity (Wildman–Crippen MR) is 150 cm³/mol. The van der Waals surface area contributed by atoms with Gasteiger partial charge in [-0.05, 0) is 62.8 Å². The number of ether oxygens (including phenoxy) is 1. The third-order valence-corrected chi connectivity index (χ3v) is 8.39. The van der Waals surface area contributed by atoms with E-state index < -0.39 is 11.6 Å².